The molecule has 0 spiro atoms. The summed E-state index contributed by atoms with van der Waals surface area (Å²) in [6.45, 7) is 10.5. The fraction of sp³-hybridized carbons (Fsp3) is 0.517. The van der Waals surface area contributed by atoms with Crippen molar-refractivity contribution in [2.24, 2.45) is 0 Å². The highest BCUT2D eigenvalue weighted by molar-refractivity contribution is 6.31. The lowest BCUT2D eigenvalue weighted by atomic mass is 10.2. The van der Waals surface area contributed by atoms with Crippen LogP contribution in [0.15, 0.2) is 18.2 Å². The average molecular weight is 721 g/mol. The van der Waals surface area contributed by atoms with Gasteiger partial charge in [-0.3, -0.25) is 4.79 Å². The number of nitrogens with two attached hydrogens (primary N) is 2. The van der Waals surface area contributed by atoms with Gasteiger partial charge in [0.15, 0.2) is 33.5 Å². The first-order valence-corrected chi connectivity index (χ1v) is 15.1. The van der Waals surface area contributed by atoms with E-state index in [1.54, 1.807) is 27.9 Å². The number of imidazole rings is 1. The van der Waals surface area contributed by atoms with Crippen molar-refractivity contribution >= 4 is 52.2 Å². The minimum absolute atomic E-state index is 0.0496. The fourth-order valence-corrected chi connectivity index (χ4v) is 4.29. The number of alkyl halides is 3. The molecule has 0 aliphatic carbocycles. The Morgan fingerprint density at radius 2 is 1.65 bits per heavy atom. The summed E-state index contributed by atoms with van der Waals surface area (Å²) in [6, 6.07) is 5.80. The molecule has 20 heteroatoms. The molecule has 16 nitrogen and oxygen atoms in total. The number of carboxylic acids is 1. The third-order valence-corrected chi connectivity index (χ3v) is 6.49. The lowest BCUT2D eigenvalue weighted by Crippen LogP contribution is -2.40. The van der Waals surface area contributed by atoms with E-state index in [4.69, 9.17) is 51.9 Å². The number of carbonyl (C=O) groups excluding carboxylic acids is 3. The highest BCUT2D eigenvalue weighted by Crippen LogP contribution is 2.22. The Morgan fingerprint density at radius 3 is 2.22 bits per heavy atom. The van der Waals surface area contributed by atoms with Crippen molar-refractivity contribution < 1.29 is 56.2 Å². The number of anilines is 2. The lowest BCUT2D eigenvalue weighted by Gasteiger charge is -2.19. The number of rotatable bonds is 14. The quantitative estimate of drug-likeness (QED) is 0.137. The van der Waals surface area contributed by atoms with E-state index in [2.05, 4.69) is 29.7 Å². The van der Waals surface area contributed by atoms with Gasteiger partial charge in [0, 0.05) is 12.6 Å². The molecule has 0 fully saturated rings. The molecule has 0 aliphatic heterocycles. The van der Waals surface area contributed by atoms with Gasteiger partial charge in [0.25, 0.3) is 11.7 Å². The standard InChI is InChI=1S/C27H39ClN8O6.C2HF3O2/c1-6-35-18-8-7-17(39-5)15-19(18)36(10-12-41-14-13-40-11-9-31-26(38)42-27(2,3)4)20(35)16-32-25(37)21-23(29)34-24(30)22(28)33-21;3-2(4,5)1(6)7/h7-8,15H,6,9-14,16H2,1-5H3,(H5-,29,30,31,32,34,37,38);(H,6,7). The SMILES string of the molecule is CC[n+]1c(CNC(=O)c2nc(Cl)c(N)nc2N)n(CCOCCOCCNC(=O)OC(C)(C)C)c2cc(OC)ccc21.O=C([O-])C(F)(F)F. The van der Waals surface area contributed by atoms with Gasteiger partial charge in [-0.25, -0.2) is 23.9 Å². The van der Waals surface area contributed by atoms with Crippen LogP contribution in [0.1, 0.15) is 44.0 Å². The van der Waals surface area contributed by atoms with Crippen LogP contribution in [-0.2, 0) is 38.6 Å². The zero-order valence-corrected chi connectivity index (χ0v) is 28.4. The molecule has 0 aliphatic rings. The molecule has 6 N–H and O–H groups in total. The second-order valence-corrected chi connectivity index (χ2v) is 11.3. The highest BCUT2D eigenvalue weighted by Gasteiger charge is 2.29. The molecular formula is C29H40ClF3N8O8. The lowest BCUT2D eigenvalue weighted by molar-refractivity contribution is -0.676. The molecule has 3 rings (SSSR count). The first-order valence-electron chi connectivity index (χ1n) is 14.8. The monoisotopic (exact) mass is 720 g/mol. The number of methoxy groups -OCH3 is 1. The van der Waals surface area contributed by atoms with Crippen LogP contribution in [0, 0.1) is 0 Å². The van der Waals surface area contributed by atoms with Crippen molar-refractivity contribution in [2.75, 3.05) is 51.5 Å². The van der Waals surface area contributed by atoms with E-state index in [0.717, 1.165) is 16.9 Å². The van der Waals surface area contributed by atoms with Crippen LogP contribution in [0.3, 0.4) is 0 Å². The van der Waals surface area contributed by atoms with E-state index >= 15 is 0 Å². The predicted octanol–water partition coefficient (Wildman–Crippen LogP) is 1.35. The van der Waals surface area contributed by atoms with E-state index in [9.17, 15) is 22.8 Å². The maximum Gasteiger partial charge on any atom is 0.430 e. The van der Waals surface area contributed by atoms with E-state index in [0.29, 0.717) is 51.8 Å². The molecule has 0 radical (unpaired) electrons. The average Bonchev–Trinajstić information content (AvgIpc) is 3.31. The second-order valence-electron chi connectivity index (χ2n) is 10.9. The van der Waals surface area contributed by atoms with Crippen LogP contribution >= 0.6 is 11.6 Å². The maximum absolute atomic E-state index is 12.9. The highest BCUT2D eigenvalue weighted by atomic mass is 35.5. The van der Waals surface area contributed by atoms with Crippen molar-refractivity contribution in [1.29, 1.82) is 0 Å². The maximum atomic E-state index is 12.9. The molecule has 0 bridgehead atoms. The molecule has 2 heterocycles. The summed E-state index contributed by atoms with van der Waals surface area (Å²) < 4.78 is 57.7. The van der Waals surface area contributed by atoms with Gasteiger partial charge >= 0.3 is 12.3 Å². The number of aryl methyl sites for hydroxylation is 1. The first-order chi connectivity index (χ1) is 22.9. The number of hydrogen-bond acceptors (Lipinski definition) is 12. The van der Waals surface area contributed by atoms with Crippen LogP contribution in [0.5, 0.6) is 5.75 Å². The number of aromatic nitrogens is 4. The Kier molecular flexibility index (Phi) is 15.1. The molecule has 272 valence electrons. The predicted molar refractivity (Wildman–Crippen MR) is 168 cm³/mol. The molecule has 2 amide bonds. The van der Waals surface area contributed by atoms with Gasteiger partial charge in [-0.2, -0.15) is 13.2 Å². The Hall–Kier alpha value is -4.62. The van der Waals surface area contributed by atoms with E-state index in [-0.39, 0.29) is 29.0 Å². The number of nitrogen functional groups attached to an aromatic ring is 2. The molecule has 0 unspecified atom stereocenters. The van der Waals surface area contributed by atoms with Crippen molar-refractivity contribution in [3.8, 4) is 5.75 Å². The van der Waals surface area contributed by atoms with Crippen molar-refractivity contribution in [3.05, 3.63) is 34.9 Å². The number of ether oxygens (including phenoxy) is 4. The van der Waals surface area contributed by atoms with Crippen LogP contribution in [0.4, 0.5) is 29.6 Å². The molecular weight excluding hydrogens is 681 g/mol. The minimum atomic E-state index is -5.19. The molecule has 49 heavy (non-hydrogen) atoms. The smallest absolute Gasteiger partial charge is 0.430 e. The zero-order valence-electron chi connectivity index (χ0n) is 27.6. The number of alkyl carbamates (subject to hydrolysis) is 1. The van der Waals surface area contributed by atoms with Crippen LogP contribution in [-0.4, -0.2) is 84.4 Å². The topological polar surface area (TPSA) is 222 Å². The second kappa shape index (κ2) is 18.2. The normalized spacial score (nSPS) is 11.4. The van der Waals surface area contributed by atoms with E-state index in [1.807, 2.05) is 25.1 Å². The van der Waals surface area contributed by atoms with Gasteiger partial charge in [0.1, 0.15) is 30.4 Å². The molecule has 0 saturated carbocycles. The van der Waals surface area contributed by atoms with E-state index in [1.165, 1.54) is 0 Å². The largest absolute Gasteiger partial charge is 0.542 e. The zero-order chi connectivity index (χ0) is 36.9. The number of fused-ring (bicyclic) bond motifs is 1. The number of carbonyl (C=O) groups is 3. The molecule has 3 aromatic rings. The Balaban J connectivity index is 0.00000107. The van der Waals surface area contributed by atoms with Crippen LogP contribution in [0.25, 0.3) is 11.0 Å². The van der Waals surface area contributed by atoms with Gasteiger partial charge in [-0.15, -0.1) is 0 Å². The first kappa shape index (κ1) is 40.6. The molecule has 2 aromatic heterocycles. The summed E-state index contributed by atoms with van der Waals surface area (Å²) >= 11 is 5.95. The minimum Gasteiger partial charge on any atom is -0.542 e. The van der Waals surface area contributed by atoms with Gasteiger partial charge < -0.3 is 50.9 Å². The Labute approximate surface area is 284 Å². The van der Waals surface area contributed by atoms with Gasteiger partial charge in [-0.05, 0) is 39.8 Å². The summed E-state index contributed by atoms with van der Waals surface area (Å²) in [5, 5.41) is 14.2. The number of nitrogens with zero attached hydrogens (tertiary/aromatic N) is 4. The number of benzene rings is 1. The Bertz CT molecular complexity index is 1600. The van der Waals surface area contributed by atoms with Crippen molar-refractivity contribution in [3.63, 3.8) is 0 Å². The molecule has 0 saturated heterocycles. The number of halogens is 4. The van der Waals surface area contributed by atoms with Gasteiger partial charge in [0.05, 0.1) is 40.1 Å². The summed E-state index contributed by atoms with van der Waals surface area (Å²) in [5.41, 5.74) is 12.7. The third-order valence-electron chi connectivity index (χ3n) is 6.21. The number of hydrogen-bond donors (Lipinski definition) is 4. The summed E-state index contributed by atoms with van der Waals surface area (Å²) in [7, 11) is 1.61. The van der Waals surface area contributed by atoms with Gasteiger partial charge in [-0.1, -0.05) is 11.6 Å². The number of nitrogens with one attached hydrogen (secondary N) is 2. The number of carboxylic acid groups (broad SMARTS) is 1. The van der Waals surface area contributed by atoms with Crippen molar-refractivity contribution in [1.82, 2.24) is 25.2 Å². The van der Waals surface area contributed by atoms with Crippen LogP contribution < -0.4 is 36.5 Å². The van der Waals surface area contributed by atoms with Gasteiger partial charge in [0.2, 0.25) is 0 Å². The Morgan fingerprint density at radius 1 is 1.02 bits per heavy atom. The van der Waals surface area contributed by atoms with E-state index < -0.39 is 29.7 Å². The molecule has 0 atom stereocenters. The van der Waals surface area contributed by atoms with Crippen LogP contribution in [0.2, 0.25) is 5.15 Å². The summed E-state index contributed by atoms with van der Waals surface area (Å²) in [5.74, 6) is -2.17. The third kappa shape index (κ3) is 12.7. The summed E-state index contributed by atoms with van der Waals surface area (Å²) in [6.07, 6.45) is -5.68. The fourth-order valence-electron chi connectivity index (χ4n) is 4.16. The number of aliphatic carboxylic acids is 1. The summed E-state index contributed by atoms with van der Waals surface area (Å²) in [4.78, 5) is 41.3. The molecule has 1 aromatic carbocycles. The van der Waals surface area contributed by atoms with Crippen molar-refractivity contribution in [2.45, 2.75) is 59.1 Å². The number of amides is 2.